The summed E-state index contributed by atoms with van der Waals surface area (Å²) in [7, 11) is 0. The molecular formula is C15H18N4S. The minimum atomic E-state index is 0.150. The molecule has 104 valence electrons. The number of rotatable bonds is 4. The molecule has 3 rings (SSSR count). The summed E-state index contributed by atoms with van der Waals surface area (Å²) in [6.45, 7) is 6.50. The van der Waals surface area contributed by atoms with Crippen molar-refractivity contribution in [2.45, 2.75) is 32.9 Å². The highest BCUT2D eigenvalue weighted by Crippen LogP contribution is 2.35. The van der Waals surface area contributed by atoms with Gasteiger partial charge in [0.25, 0.3) is 0 Å². The van der Waals surface area contributed by atoms with Crippen LogP contribution >= 0.6 is 11.3 Å². The number of H-pyrrole nitrogens is 1. The Labute approximate surface area is 122 Å². The van der Waals surface area contributed by atoms with Gasteiger partial charge in [-0.1, -0.05) is 18.2 Å². The number of aromatic amines is 1. The maximum Gasteiger partial charge on any atom is 0.141 e. The summed E-state index contributed by atoms with van der Waals surface area (Å²) in [5.41, 5.74) is 1.37. The Bertz CT molecular complexity index is 702. The SMILES string of the molecule is Cc1c(C(C)NC(C)c2ncn[nH]2)sc2ccccc12. The van der Waals surface area contributed by atoms with E-state index in [1.165, 1.54) is 20.5 Å². The molecule has 0 amide bonds. The van der Waals surface area contributed by atoms with E-state index < -0.39 is 0 Å². The molecule has 2 atom stereocenters. The van der Waals surface area contributed by atoms with Gasteiger partial charge in [0.1, 0.15) is 12.2 Å². The summed E-state index contributed by atoms with van der Waals surface area (Å²) in [5, 5.41) is 11.7. The maximum atomic E-state index is 4.20. The summed E-state index contributed by atoms with van der Waals surface area (Å²) in [6.07, 6.45) is 1.54. The topological polar surface area (TPSA) is 53.6 Å². The average Bonchev–Trinajstić information content (AvgIpc) is 3.07. The maximum absolute atomic E-state index is 4.20. The number of aromatic nitrogens is 3. The van der Waals surface area contributed by atoms with Crippen molar-refractivity contribution in [1.29, 1.82) is 0 Å². The summed E-state index contributed by atoms with van der Waals surface area (Å²) >= 11 is 1.86. The molecule has 5 heteroatoms. The van der Waals surface area contributed by atoms with Crippen LogP contribution in [0.3, 0.4) is 0 Å². The number of thiophene rings is 1. The third-order valence-electron chi connectivity index (χ3n) is 3.62. The van der Waals surface area contributed by atoms with Crippen molar-refractivity contribution < 1.29 is 0 Å². The fourth-order valence-electron chi connectivity index (χ4n) is 2.56. The fraction of sp³-hybridized carbons (Fsp3) is 0.333. The predicted molar refractivity (Wildman–Crippen MR) is 82.9 cm³/mol. The van der Waals surface area contributed by atoms with Crippen LogP contribution in [0.15, 0.2) is 30.6 Å². The standard InChI is InChI=1S/C15H18N4S/c1-9-12-6-4-5-7-13(12)20-14(9)10(2)18-11(3)15-16-8-17-19-15/h4-8,10-11,18H,1-3H3,(H,16,17,19). The number of nitrogens with zero attached hydrogens (tertiary/aromatic N) is 2. The lowest BCUT2D eigenvalue weighted by molar-refractivity contribution is 0.481. The van der Waals surface area contributed by atoms with E-state index in [-0.39, 0.29) is 12.1 Å². The quantitative estimate of drug-likeness (QED) is 0.768. The Morgan fingerprint density at radius 1 is 1.20 bits per heavy atom. The lowest BCUT2D eigenvalue weighted by Crippen LogP contribution is -2.23. The first-order valence-corrected chi connectivity index (χ1v) is 7.58. The zero-order valence-electron chi connectivity index (χ0n) is 11.8. The van der Waals surface area contributed by atoms with Crippen molar-refractivity contribution in [3.8, 4) is 0 Å². The van der Waals surface area contributed by atoms with E-state index in [2.05, 4.69) is 65.5 Å². The van der Waals surface area contributed by atoms with Crippen LogP contribution in [0.2, 0.25) is 0 Å². The van der Waals surface area contributed by atoms with E-state index in [1.54, 1.807) is 6.33 Å². The molecule has 0 aliphatic heterocycles. The summed E-state index contributed by atoms with van der Waals surface area (Å²) in [6, 6.07) is 9.00. The Balaban J connectivity index is 1.85. The molecule has 0 aliphatic carbocycles. The fourth-order valence-corrected chi connectivity index (χ4v) is 3.78. The number of hydrogen-bond acceptors (Lipinski definition) is 4. The van der Waals surface area contributed by atoms with Crippen molar-refractivity contribution in [2.75, 3.05) is 0 Å². The van der Waals surface area contributed by atoms with Crippen LogP contribution in [0.1, 0.15) is 42.2 Å². The molecule has 2 unspecified atom stereocenters. The van der Waals surface area contributed by atoms with Gasteiger partial charge in [0, 0.05) is 15.6 Å². The number of nitrogens with one attached hydrogen (secondary N) is 2. The molecule has 2 aromatic heterocycles. The zero-order valence-corrected chi connectivity index (χ0v) is 12.7. The molecule has 0 aliphatic rings. The van der Waals surface area contributed by atoms with Crippen LogP contribution in [-0.4, -0.2) is 15.2 Å². The highest BCUT2D eigenvalue weighted by atomic mass is 32.1. The molecule has 0 saturated heterocycles. The third-order valence-corrected chi connectivity index (χ3v) is 5.07. The Morgan fingerprint density at radius 2 is 2.00 bits per heavy atom. The molecule has 1 aromatic carbocycles. The van der Waals surface area contributed by atoms with Gasteiger partial charge in [0.05, 0.1) is 6.04 Å². The van der Waals surface area contributed by atoms with Crippen LogP contribution in [0.4, 0.5) is 0 Å². The second-order valence-corrected chi connectivity index (χ2v) is 6.15. The highest BCUT2D eigenvalue weighted by Gasteiger charge is 2.17. The average molecular weight is 286 g/mol. The van der Waals surface area contributed by atoms with Crippen LogP contribution in [0.25, 0.3) is 10.1 Å². The number of benzene rings is 1. The lowest BCUT2D eigenvalue weighted by Gasteiger charge is -2.18. The van der Waals surface area contributed by atoms with Crippen LogP contribution < -0.4 is 5.32 Å². The molecule has 0 fully saturated rings. The minimum absolute atomic E-state index is 0.150. The molecule has 0 radical (unpaired) electrons. The van der Waals surface area contributed by atoms with Crippen molar-refractivity contribution in [1.82, 2.24) is 20.5 Å². The van der Waals surface area contributed by atoms with Crippen molar-refractivity contribution in [3.63, 3.8) is 0 Å². The molecule has 4 nitrogen and oxygen atoms in total. The van der Waals surface area contributed by atoms with Gasteiger partial charge in [-0.15, -0.1) is 11.3 Å². The zero-order chi connectivity index (χ0) is 14.1. The summed E-state index contributed by atoms with van der Waals surface area (Å²) in [5.74, 6) is 0.871. The van der Waals surface area contributed by atoms with E-state index >= 15 is 0 Å². The molecule has 2 N–H and O–H groups in total. The molecule has 0 spiro atoms. The van der Waals surface area contributed by atoms with Crippen molar-refractivity contribution >= 4 is 21.4 Å². The third kappa shape index (κ3) is 2.34. The summed E-state index contributed by atoms with van der Waals surface area (Å²) < 4.78 is 1.35. The normalized spacial score (nSPS) is 14.6. The smallest absolute Gasteiger partial charge is 0.141 e. The van der Waals surface area contributed by atoms with E-state index in [0.717, 1.165) is 5.82 Å². The minimum Gasteiger partial charge on any atom is -0.300 e. The van der Waals surface area contributed by atoms with E-state index in [0.29, 0.717) is 0 Å². The van der Waals surface area contributed by atoms with Crippen molar-refractivity contribution in [2.24, 2.45) is 0 Å². The Morgan fingerprint density at radius 3 is 2.70 bits per heavy atom. The van der Waals surface area contributed by atoms with Gasteiger partial charge in [-0.05, 0) is 37.8 Å². The second-order valence-electron chi connectivity index (χ2n) is 5.07. The monoisotopic (exact) mass is 286 g/mol. The second kappa shape index (κ2) is 5.34. The van der Waals surface area contributed by atoms with Gasteiger partial charge in [-0.25, -0.2) is 4.98 Å². The first-order valence-electron chi connectivity index (χ1n) is 6.76. The number of fused-ring (bicyclic) bond motifs is 1. The Kier molecular flexibility index (Phi) is 3.54. The first kappa shape index (κ1) is 13.3. The molecule has 0 bridgehead atoms. The molecule has 2 heterocycles. The largest absolute Gasteiger partial charge is 0.300 e. The van der Waals surface area contributed by atoms with Crippen LogP contribution in [0.5, 0.6) is 0 Å². The van der Waals surface area contributed by atoms with Gasteiger partial charge < -0.3 is 5.32 Å². The van der Waals surface area contributed by atoms with E-state index in [1.807, 2.05) is 11.3 Å². The highest BCUT2D eigenvalue weighted by molar-refractivity contribution is 7.19. The van der Waals surface area contributed by atoms with Gasteiger partial charge in [-0.2, -0.15) is 5.10 Å². The van der Waals surface area contributed by atoms with Crippen LogP contribution in [0, 0.1) is 6.92 Å². The van der Waals surface area contributed by atoms with E-state index in [9.17, 15) is 0 Å². The molecule has 0 saturated carbocycles. The summed E-state index contributed by atoms with van der Waals surface area (Å²) in [4.78, 5) is 5.59. The number of aryl methyl sites for hydroxylation is 1. The van der Waals surface area contributed by atoms with Gasteiger partial charge >= 0.3 is 0 Å². The van der Waals surface area contributed by atoms with Gasteiger partial charge in [0.2, 0.25) is 0 Å². The Hall–Kier alpha value is -1.72. The predicted octanol–water partition coefficient (Wildman–Crippen LogP) is 3.74. The van der Waals surface area contributed by atoms with Gasteiger partial charge in [-0.3, -0.25) is 5.10 Å². The molecule has 20 heavy (non-hydrogen) atoms. The van der Waals surface area contributed by atoms with Crippen LogP contribution in [-0.2, 0) is 0 Å². The lowest BCUT2D eigenvalue weighted by atomic mass is 10.1. The molecular weight excluding hydrogens is 268 g/mol. The van der Waals surface area contributed by atoms with Gasteiger partial charge in [0.15, 0.2) is 0 Å². The molecule has 3 aromatic rings. The van der Waals surface area contributed by atoms with Crippen molar-refractivity contribution in [3.05, 3.63) is 46.9 Å². The van der Waals surface area contributed by atoms with E-state index in [4.69, 9.17) is 0 Å². The first-order chi connectivity index (χ1) is 9.66. The number of hydrogen-bond donors (Lipinski definition) is 2.